The van der Waals surface area contributed by atoms with Gasteiger partial charge in [0.1, 0.15) is 0 Å². The van der Waals surface area contributed by atoms with Gasteiger partial charge in [-0.1, -0.05) is 12.1 Å². The first-order valence-corrected chi connectivity index (χ1v) is 10.9. The molecule has 1 aromatic heterocycles. The van der Waals surface area contributed by atoms with Crippen LogP contribution in [-0.2, 0) is 16.1 Å². The molecule has 0 radical (unpaired) electrons. The molecule has 7 nitrogen and oxygen atoms in total. The fraction of sp³-hybridized carbons (Fsp3) is 0.167. The van der Waals surface area contributed by atoms with Gasteiger partial charge in [-0.3, -0.25) is 9.59 Å². The lowest BCUT2D eigenvalue weighted by Crippen LogP contribution is -2.27. The number of anilines is 2. The molecule has 32 heavy (non-hydrogen) atoms. The molecule has 164 valence electrons. The van der Waals surface area contributed by atoms with E-state index in [9.17, 15) is 9.59 Å². The smallest absolute Gasteiger partial charge is 0.256 e. The highest BCUT2D eigenvalue weighted by atomic mass is 32.1. The minimum Gasteiger partial charge on any atom is -0.493 e. The summed E-state index contributed by atoms with van der Waals surface area (Å²) in [5, 5.41) is 10.8. The molecule has 0 aliphatic carbocycles. The fourth-order valence-electron chi connectivity index (χ4n) is 3.44. The molecular weight excluding hydrogens is 426 g/mol. The first kappa shape index (κ1) is 21.6. The minimum atomic E-state index is -0.175. The second-order valence-corrected chi connectivity index (χ2v) is 8.11. The lowest BCUT2D eigenvalue weighted by molar-refractivity contribution is -0.115. The minimum absolute atomic E-state index is 0.139. The fourth-order valence-corrected chi connectivity index (χ4v) is 4.10. The van der Waals surface area contributed by atoms with Crippen molar-refractivity contribution in [2.24, 2.45) is 0 Å². The van der Waals surface area contributed by atoms with Gasteiger partial charge in [0.2, 0.25) is 5.91 Å². The molecule has 0 saturated heterocycles. The standard InChI is InChI=1S/C24H23N3O4S/c1-30-21-8-5-15(10-22(21)31-2)13-25-14-23(28)26-16-6-7-20-18(11-16)19(24(29)27-20)12-17-4-3-9-32-17/h3-12,25H,13-14H2,1-2H3,(H,26,28)(H,27,29)/b19-12-. The average molecular weight is 450 g/mol. The van der Waals surface area contributed by atoms with Crippen molar-refractivity contribution in [2.45, 2.75) is 6.54 Å². The van der Waals surface area contributed by atoms with Gasteiger partial charge in [0.15, 0.2) is 11.5 Å². The molecule has 4 rings (SSSR count). The number of thiophene rings is 1. The van der Waals surface area contributed by atoms with Crippen LogP contribution in [-0.4, -0.2) is 32.6 Å². The van der Waals surface area contributed by atoms with E-state index in [-0.39, 0.29) is 18.4 Å². The van der Waals surface area contributed by atoms with E-state index >= 15 is 0 Å². The maximum Gasteiger partial charge on any atom is 0.256 e. The number of hydrogen-bond donors (Lipinski definition) is 3. The van der Waals surface area contributed by atoms with Gasteiger partial charge in [0.05, 0.1) is 26.3 Å². The molecule has 0 unspecified atom stereocenters. The molecular formula is C24H23N3O4S. The molecule has 1 aliphatic rings. The van der Waals surface area contributed by atoms with E-state index in [2.05, 4.69) is 16.0 Å². The van der Waals surface area contributed by atoms with Crippen molar-refractivity contribution in [3.05, 3.63) is 69.9 Å². The zero-order chi connectivity index (χ0) is 22.5. The third kappa shape index (κ3) is 4.82. The highest BCUT2D eigenvalue weighted by Gasteiger charge is 2.24. The van der Waals surface area contributed by atoms with Gasteiger partial charge in [-0.15, -0.1) is 11.3 Å². The SMILES string of the molecule is COc1ccc(CNCC(=O)Nc2ccc3c(c2)/C(=C/c2cccs2)C(=O)N3)cc1OC. The number of carbonyl (C=O) groups is 2. The van der Waals surface area contributed by atoms with Gasteiger partial charge in [-0.25, -0.2) is 0 Å². The van der Waals surface area contributed by atoms with Crippen LogP contribution >= 0.6 is 11.3 Å². The Morgan fingerprint density at radius 3 is 2.69 bits per heavy atom. The largest absolute Gasteiger partial charge is 0.493 e. The molecule has 2 heterocycles. The van der Waals surface area contributed by atoms with Crippen LogP contribution in [0.5, 0.6) is 11.5 Å². The van der Waals surface area contributed by atoms with E-state index in [1.807, 2.05) is 47.9 Å². The zero-order valence-corrected chi connectivity index (χ0v) is 18.5. The summed E-state index contributed by atoms with van der Waals surface area (Å²) in [6.45, 7) is 0.643. The maximum atomic E-state index is 12.4. The normalized spacial score (nSPS) is 13.6. The summed E-state index contributed by atoms with van der Waals surface area (Å²) < 4.78 is 10.5. The van der Waals surface area contributed by atoms with Crippen LogP contribution in [0.3, 0.4) is 0 Å². The van der Waals surface area contributed by atoms with Crippen LogP contribution in [0.2, 0.25) is 0 Å². The number of methoxy groups -OCH3 is 2. The summed E-state index contributed by atoms with van der Waals surface area (Å²) in [5.41, 5.74) is 3.71. The first-order valence-electron chi connectivity index (χ1n) is 10.00. The van der Waals surface area contributed by atoms with Crippen LogP contribution in [0, 0.1) is 0 Å². The molecule has 0 saturated carbocycles. The molecule has 0 fully saturated rings. The summed E-state index contributed by atoms with van der Waals surface area (Å²) in [6, 6.07) is 14.9. The number of nitrogens with one attached hydrogen (secondary N) is 3. The van der Waals surface area contributed by atoms with Gasteiger partial charge in [-0.05, 0) is 53.4 Å². The van der Waals surface area contributed by atoms with Crippen LogP contribution < -0.4 is 25.4 Å². The Kier molecular flexibility index (Phi) is 6.53. The van der Waals surface area contributed by atoms with Gasteiger partial charge >= 0.3 is 0 Å². The van der Waals surface area contributed by atoms with Crippen molar-refractivity contribution in [1.82, 2.24) is 5.32 Å². The summed E-state index contributed by atoms with van der Waals surface area (Å²) in [4.78, 5) is 25.8. The Morgan fingerprint density at radius 2 is 1.94 bits per heavy atom. The van der Waals surface area contributed by atoms with Crippen LogP contribution in [0.4, 0.5) is 11.4 Å². The topological polar surface area (TPSA) is 88.7 Å². The summed E-state index contributed by atoms with van der Waals surface area (Å²) in [6.07, 6.45) is 1.86. The predicted octanol–water partition coefficient (Wildman–Crippen LogP) is 3.99. The van der Waals surface area contributed by atoms with Crippen molar-refractivity contribution >= 4 is 46.2 Å². The highest BCUT2D eigenvalue weighted by molar-refractivity contribution is 7.11. The van der Waals surface area contributed by atoms with Gasteiger partial charge in [0, 0.05) is 28.4 Å². The third-order valence-corrected chi connectivity index (χ3v) is 5.80. The van der Waals surface area contributed by atoms with Crippen molar-refractivity contribution in [3.8, 4) is 11.5 Å². The van der Waals surface area contributed by atoms with E-state index < -0.39 is 0 Å². The number of fused-ring (bicyclic) bond motifs is 1. The Labute approximate surface area is 190 Å². The van der Waals surface area contributed by atoms with Crippen molar-refractivity contribution < 1.29 is 19.1 Å². The molecule has 2 aromatic carbocycles. The number of hydrogen-bond acceptors (Lipinski definition) is 6. The van der Waals surface area contributed by atoms with E-state index in [1.165, 1.54) is 0 Å². The molecule has 2 amide bonds. The van der Waals surface area contributed by atoms with Crippen LogP contribution in [0.15, 0.2) is 53.9 Å². The van der Waals surface area contributed by atoms with Crippen molar-refractivity contribution in [2.75, 3.05) is 31.4 Å². The Bertz CT molecular complexity index is 1170. The van der Waals surface area contributed by atoms with Crippen molar-refractivity contribution in [1.29, 1.82) is 0 Å². The second-order valence-electron chi connectivity index (χ2n) is 7.13. The number of ether oxygens (including phenoxy) is 2. The summed E-state index contributed by atoms with van der Waals surface area (Å²) in [7, 11) is 3.18. The van der Waals surface area contributed by atoms with Gasteiger partial charge in [0.25, 0.3) is 5.91 Å². The average Bonchev–Trinajstić information content (AvgIpc) is 3.42. The second kappa shape index (κ2) is 9.67. The Hall–Kier alpha value is -3.62. The molecule has 8 heteroatoms. The predicted molar refractivity (Wildman–Crippen MR) is 127 cm³/mol. The van der Waals surface area contributed by atoms with Crippen molar-refractivity contribution in [3.63, 3.8) is 0 Å². The molecule has 0 bridgehead atoms. The van der Waals surface area contributed by atoms with Gasteiger partial charge in [-0.2, -0.15) is 0 Å². The Balaban J connectivity index is 1.37. The number of benzene rings is 2. The van der Waals surface area contributed by atoms with Crippen LogP contribution in [0.1, 0.15) is 16.0 Å². The highest BCUT2D eigenvalue weighted by Crippen LogP contribution is 2.35. The van der Waals surface area contributed by atoms with E-state index in [0.717, 1.165) is 21.7 Å². The maximum absolute atomic E-state index is 12.4. The summed E-state index contributed by atoms with van der Waals surface area (Å²) >= 11 is 1.56. The molecule has 1 aliphatic heterocycles. The van der Waals surface area contributed by atoms with Gasteiger partial charge < -0.3 is 25.4 Å². The van der Waals surface area contributed by atoms with E-state index in [1.54, 1.807) is 37.7 Å². The van der Waals surface area contributed by atoms with E-state index in [0.29, 0.717) is 29.3 Å². The molecule has 0 atom stereocenters. The lowest BCUT2D eigenvalue weighted by Gasteiger charge is -2.11. The van der Waals surface area contributed by atoms with E-state index in [4.69, 9.17) is 9.47 Å². The quantitative estimate of drug-likeness (QED) is 0.453. The monoisotopic (exact) mass is 449 g/mol. The number of amides is 2. The zero-order valence-electron chi connectivity index (χ0n) is 17.7. The Morgan fingerprint density at radius 1 is 1.09 bits per heavy atom. The first-order chi connectivity index (χ1) is 15.6. The lowest BCUT2D eigenvalue weighted by atomic mass is 10.1. The third-order valence-electron chi connectivity index (χ3n) is 4.98. The molecule has 3 N–H and O–H groups in total. The van der Waals surface area contributed by atoms with Crippen LogP contribution in [0.25, 0.3) is 11.6 Å². The molecule has 3 aromatic rings. The number of rotatable bonds is 8. The summed E-state index contributed by atoms with van der Waals surface area (Å²) in [5.74, 6) is 0.981. The number of carbonyl (C=O) groups excluding carboxylic acids is 2. The molecule has 0 spiro atoms.